The topological polar surface area (TPSA) is 109 Å². The second-order valence-electron chi connectivity index (χ2n) is 4.86. The third-order valence-corrected chi connectivity index (χ3v) is 5.94. The van der Waals surface area contributed by atoms with Crippen LogP contribution in [0.25, 0.3) is 11.5 Å². The van der Waals surface area contributed by atoms with E-state index >= 15 is 0 Å². The van der Waals surface area contributed by atoms with Gasteiger partial charge in [-0.15, -0.1) is 10.2 Å². The van der Waals surface area contributed by atoms with Crippen molar-refractivity contribution >= 4 is 21.8 Å². The molecule has 1 aromatic carbocycles. The number of nitriles is 1. The molecule has 8 nitrogen and oxygen atoms in total. The fourth-order valence-corrected chi connectivity index (χ4v) is 4.08. The van der Waals surface area contributed by atoms with Crippen LogP contribution in [0.5, 0.6) is 0 Å². The lowest BCUT2D eigenvalue weighted by Crippen LogP contribution is -2.40. The van der Waals surface area contributed by atoms with Crippen LogP contribution in [0, 0.1) is 11.3 Å². The highest BCUT2D eigenvalue weighted by Gasteiger charge is 2.26. The van der Waals surface area contributed by atoms with E-state index in [4.69, 9.17) is 14.4 Å². The first-order valence-electron chi connectivity index (χ1n) is 7.13. The highest BCUT2D eigenvalue weighted by molar-refractivity contribution is 7.99. The minimum Gasteiger partial charge on any atom is -0.411 e. The molecule has 24 heavy (non-hydrogen) atoms. The zero-order valence-corrected chi connectivity index (χ0v) is 14.2. The van der Waals surface area contributed by atoms with Crippen LogP contribution in [0.15, 0.2) is 38.8 Å². The van der Waals surface area contributed by atoms with Crippen LogP contribution in [0.4, 0.5) is 0 Å². The summed E-state index contributed by atoms with van der Waals surface area (Å²) in [6.45, 7) is 1.45. The quantitative estimate of drug-likeness (QED) is 0.730. The molecule has 126 valence electrons. The highest BCUT2D eigenvalue weighted by Crippen LogP contribution is 2.26. The van der Waals surface area contributed by atoms with Crippen molar-refractivity contribution in [3.05, 3.63) is 24.3 Å². The van der Waals surface area contributed by atoms with Crippen molar-refractivity contribution in [2.24, 2.45) is 0 Å². The molecule has 0 atom stereocenters. The largest absolute Gasteiger partial charge is 0.411 e. The van der Waals surface area contributed by atoms with Gasteiger partial charge in [-0.1, -0.05) is 17.8 Å². The minimum atomic E-state index is -3.58. The van der Waals surface area contributed by atoms with Gasteiger partial charge in [0.15, 0.2) is 0 Å². The number of hydrogen-bond acceptors (Lipinski definition) is 8. The molecule has 10 heteroatoms. The predicted octanol–water partition coefficient (Wildman–Crippen LogP) is 1.37. The van der Waals surface area contributed by atoms with E-state index in [1.54, 1.807) is 12.1 Å². The summed E-state index contributed by atoms with van der Waals surface area (Å²) in [5.41, 5.74) is 0.514. The van der Waals surface area contributed by atoms with Gasteiger partial charge in [-0.25, -0.2) is 8.42 Å². The molecule has 2 aromatic rings. The number of thioether (sulfide) groups is 1. The van der Waals surface area contributed by atoms with E-state index < -0.39 is 10.0 Å². The summed E-state index contributed by atoms with van der Waals surface area (Å²) in [4.78, 5) is 0.173. The first-order chi connectivity index (χ1) is 11.6. The van der Waals surface area contributed by atoms with Crippen molar-refractivity contribution in [2.75, 3.05) is 32.1 Å². The fraction of sp³-hybridized carbons (Fsp3) is 0.357. The third kappa shape index (κ3) is 3.59. The van der Waals surface area contributed by atoms with Crippen molar-refractivity contribution in [2.45, 2.75) is 10.1 Å². The number of benzene rings is 1. The molecular formula is C14H14N4O4S2. The van der Waals surface area contributed by atoms with E-state index in [0.717, 1.165) is 11.8 Å². The zero-order chi connectivity index (χ0) is 17.0. The summed E-state index contributed by atoms with van der Waals surface area (Å²) in [6.07, 6.45) is 0. The average Bonchev–Trinajstić information content (AvgIpc) is 3.10. The molecule has 0 aliphatic carbocycles. The second kappa shape index (κ2) is 7.31. The Labute approximate surface area is 143 Å². The van der Waals surface area contributed by atoms with Gasteiger partial charge in [0.25, 0.3) is 5.22 Å². The number of aromatic nitrogens is 2. The number of rotatable bonds is 5. The van der Waals surface area contributed by atoms with Gasteiger partial charge in [0.1, 0.15) is 0 Å². The SMILES string of the molecule is N#CCSc1nnc(-c2cccc(S(=O)(=O)N3CCOCC3)c2)o1. The molecule has 1 aromatic heterocycles. The van der Waals surface area contributed by atoms with Crippen LogP contribution in [-0.2, 0) is 14.8 Å². The Balaban J connectivity index is 1.86. The van der Waals surface area contributed by atoms with Crippen molar-refractivity contribution in [1.29, 1.82) is 5.26 Å². The molecule has 3 rings (SSSR count). The van der Waals surface area contributed by atoms with Gasteiger partial charge in [0.05, 0.1) is 29.9 Å². The molecular weight excluding hydrogens is 352 g/mol. The standard InChI is InChI=1S/C14H14N4O4S2/c15-4-9-23-14-17-16-13(22-14)11-2-1-3-12(10-11)24(19,20)18-5-7-21-8-6-18/h1-3,10H,5-9H2. The van der Waals surface area contributed by atoms with Gasteiger partial charge in [-0.05, 0) is 18.2 Å². The maximum Gasteiger partial charge on any atom is 0.277 e. The molecule has 0 unspecified atom stereocenters. The predicted molar refractivity (Wildman–Crippen MR) is 85.6 cm³/mol. The molecule has 1 aliphatic heterocycles. The van der Waals surface area contributed by atoms with E-state index in [9.17, 15) is 8.42 Å². The van der Waals surface area contributed by atoms with Gasteiger partial charge >= 0.3 is 0 Å². The zero-order valence-electron chi connectivity index (χ0n) is 12.6. The summed E-state index contributed by atoms with van der Waals surface area (Å²) in [5, 5.41) is 16.6. The first kappa shape index (κ1) is 16.9. The lowest BCUT2D eigenvalue weighted by molar-refractivity contribution is 0.0730. The fourth-order valence-electron chi connectivity index (χ4n) is 2.20. The van der Waals surface area contributed by atoms with Gasteiger partial charge in [0, 0.05) is 18.7 Å². The Morgan fingerprint density at radius 3 is 2.83 bits per heavy atom. The summed E-state index contributed by atoms with van der Waals surface area (Å²) in [6, 6.07) is 8.35. The maximum atomic E-state index is 12.7. The van der Waals surface area contributed by atoms with Crippen molar-refractivity contribution in [3.63, 3.8) is 0 Å². The van der Waals surface area contributed by atoms with Gasteiger partial charge in [0.2, 0.25) is 15.9 Å². The number of hydrogen-bond donors (Lipinski definition) is 0. The normalized spacial score (nSPS) is 16.0. The summed E-state index contributed by atoms with van der Waals surface area (Å²) in [5.74, 6) is 0.419. The molecule has 0 N–H and O–H groups in total. The monoisotopic (exact) mass is 366 g/mol. The Kier molecular flexibility index (Phi) is 5.15. The van der Waals surface area contributed by atoms with E-state index in [-0.39, 0.29) is 21.8 Å². The molecule has 0 amide bonds. The lowest BCUT2D eigenvalue weighted by Gasteiger charge is -2.26. The van der Waals surface area contributed by atoms with Crippen molar-refractivity contribution < 1.29 is 17.6 Å². The molecule has 0 bridgehead atoms. The van der Waals surface area contributed by atoms with Crippen LogP contribution >= 0.6 is 11.8 Å². The van der Waals surface area contributed by atoms with Gasteiger partial charge in [-0.3, -0.25) is 0 Å². The molecule has 0 radical (unpaired) electrons. The minimum absolute atomic E-state index is 0.173. The lowest BCUT2D eigenvalue weighted by atomic mass is 10.2. The second-order valence-corrected chi connectivity index (χ2v) is 7.73. The molecule has 1 aliphatic rings. The smallest absolute Gasteiger partial charge is 0.277 e. The van der Waals surface area contributed by atoms with Crippen LogP contribution in [0.1, 0.15) is 0 Å². The average molecular weight is 366 g/mol. The Bertz CT molecular complexity index is 854. The molecule has 0 saturated carbocycles. The van der Waals surface area contributed by atoms with Crippen LogP contribution in [0.3, 0.4) is 0 Å². The van der Waals surface area contributed by atoms with Gasteiger partial charge < -0.3 is 9.15 Å². The van der Waals surface area contributed by atoms with Crippen molar-refractivity contribution in [1.82, 2.24) is 14.5 Å². The molecule has 1 saturated heterocycles. The number of nitrogens with zero attached hydrogens (tertiary/aromatic N) is 4. The van der Waals surface area contributed by atoms with Crippen LogP contribution in [0.2, 0.25) is 0 Å². The number of ether oxygens (including phenoxy) is 1. The Morgan fingerprint density at radius 1 is 1.29 bits per heavy atom. The first-order valence-corrected chi connectivity index (χ1v) is 9.55. The van der Waals surface area contributed by atoms with Crippen LogP contribution < -0.4 is 0 Å². The van der Waals surface area contributed by atoms with E-state index in [2.05, 4.69) is 10.2 Å². The maximum absolute atomic E-state index is 12.7. The van der Waals surface area contributed by atoms with E-state index in [1.807, 2.05) is 6.07 Å². The molecule has 0 spiro atoms. The molecule has 1 fully saturated rings. The highest BCUT2D eigenvalue weighted by atomic mass is 32.2. The van der Waals surface area contributed by atoms with Crippen LogP contribution in [-0.4, -0.2) is 55.0 Å². The summed E-state index contributed by atoms with van der Waals surface area (Å²) in [7, 11) is -3.58. The third-order valence-electron chi connectivity index (χ3n) is 3.36. The number of morpholine rings is 1. The van der Waals surface area contributed by atoms with Gasteiger partial charge in [-0.2, -0.15) is 9.57 Å². The molecule has 2 heterocycles. The summed E-state index contributed by atoms with van der Waals surface area (Å²) >= 11 is 1.13. The van der Waals surface area contributed by atoms with Crippen molar-refractivity contribution in [3.8, 4) is 17.5 Å². The Morgan fingerprint density at radius 2 is 2.08 bits per heavy atom. The van der Waals surface area contributed by atoms with E-state index in [0.29, 0.717) is 31.9 Å². The summed E-state index contributed by atoms with van der Waals surface area (Å²) < 4.78 is 37.4. The van der Waals surface area contributed by atoms with E-state index in [1.165, 1.54) is 16.4 Å². The Hall–Kier alpha value is -1.93. The number of sulfonamides is 1.